The number of aromatic nitrogens is 1. The summed E-state index contributed by atoms with van der Waals surface area (Å²) < 4.78 is 47.5. The molecule has 0 aliphatic heterocycles. The molecule has 0 fully saturated rings. The Morgan fingerprint density at radius 2 is 2.06 bits per heavy atom. The lowest BCUT2D eigenvalue weighted by Gasteiger charge is -2.07. The Balaban J connectivity index is 2.22. The second kappa shape index (κ2) is 4.40. The first-order valence-electron chi connectivity index (χ1n) is 4.41. The summed E-state index contributed by atoms with van der Waals surface area (Å²) in [6, 6.07) is 4.46. The number of oxazole rings is 1. The van der Waals surface area contributed by atoms with Crippen molar-refractivity contribution in [3.63, 3.8) is 0 Å². The summed E-state index contributed by atoms with van der Waals surface area (Å²) in [5, 5.41) is 0. The molecule has 1 aromatic heterocycles. The standard InChI is InChI=1S/C10H5BrF3NO2/c11-8-5-15-9(17-8)16-7-3-1-2-6(4-7)10(12,13)14/h1-5H. The summed E-state index contributed by atoms with van der Waals surface area (Å²) in [5.41, 5.74) is -0.791. The van der Waals surface area contributed by atoms with Crippen molar-refractivity contribution in [1.82, 2.24) is 4.98 Å². The highest BCUT2D eigenvalue weighted by Crippen LogP contribution is 2.32. The van der Waals surface area contributed by atoms with Crippen molar-refractivity contribution in [2.45, 2.75) is 6.18 Å². The largest absolute Gasteiger partial charge is 0.416 e. The van der Waals surface area contributed by atoms with Crippen molar-refractivity contribution in [3.8, 4) is 11.8 Å². The average Bonchev–Trinajstić information content (AvgIpc) is 2.63. The van der Waals surface area contributed by atoms with E-state index >= 15 is 0 Å². The van der Waals surface area contributed by atoms with Crippen LogP contribution in [0, 0.1) is 0 Å². The summed E-state index contributed by atoms with van der Waals surface area (Å²) in [6.07, 6.45) is -3.20. The molecule has 3 nitrogen and oxygen atoms in total. The summed E-state index contributed by atoms with van der Waals surface area (Å²) in [6.45, 7) is 0. The average molecular weight is 308 g/mol. The molecule has 0 unspecified atom stereocenters. The number of hydrogen-bond acceptors (Lipinski definition) is 3. The third kappa shape index (κ3) is 3.00. The van der Waals surface area contributed by atoms with Gasteiger partial charge in [-0.25, -0.2) is 0 Å². The topological polar surface area (TPSA) is 35.3 Å². The van der Waals surface area contributed by atoms with Crippen molar-refractivity contribution in [1.29, 1.82) is 0 Å². The zero-order valence-corrected chi connectivity index (χ0v) is 9.75. The highest BCUT2D eigenvalue weighted by Gasteiger charge is 2.30. The van der Waals surface area contributed by atoms with Gasteiger partial charge in [0, 0.05) is 0 Å². The van der Waals surface area contributed by atoms with E-state index in [0.717, 1.165) is 12.1 Å². The van der Waals surface area contributed by atoms with Gasteiger partial charge in [0.1, 0.15) is 5.75 Å². The van der Waals surface area contributed by atoms with Gasteiger partial charge in [-0.3, -0.25) is 0 Å². The molecular weight excluding hydrogens is 303 g/mol. The van der Waals surface area contributed by atoms with Crippen LogP contribution in [0.1, 0.15) is 5.56 Å². The minimum absolute atomic E-state index is 0.00850. The molecule has 0 saturated heterocycles. The molecule has 2 rings (SSSR count). The molecule has 1 heterocycles. The maximum Gasteiger partial charge on any atom is 0.416 e. The Kier molecular flexibility index (Phi) is 3.10. The van der Waals surface area contributed by atoms with Gasteiger partial charge >= 0.3 is 12.3 Å². The van der Waals surface area contributed by atoms with E-state index in [4.69, 9.17) is 9.15 Å². The normalized spacial score (nSPS) is 11.5. The number of alkyl halides is 3. The monoisotopic (exact) mass is 307 g/mol. The Morgan fingerprint density at radius 3 is 2.65 bits per heavy atom. The molecule has 0 aliphatic rings. The van der Waals surface area contributed by atoms with Gasteiger partial charge in [0.2, 0.25) is 0 Å². The van der Waals surface area contributed by atoms with Gasteiger partial charge in [0.25, 0.3) is 0 Å². The van der Waals surface area contributed by atoms with Gasteiger partial charge in [-0.15, -0.1) is 0 Å². The van der Waals surface area contributed by atoms with Gasteiger partial charge < -0.3 is 9.15 Å². The van der Waals surface area contributed by atoms with Crippen LogP contribution < -0.4 is 4.74 Å². The molecule has 0 amide bonds. The first-order chi connectivity index (χ1) is 7.95. The maximum absolute atomic E-state index is 12.4. The zero-order valence-electron chi connectivity index (χ0n) is 8.16. The summed E-state index contributed by atoms with van der Waals surface area (Å²) in [5.74, 6) is 0.00850. The SMILES string of the molecule is FC(F)(F)c1cccc(Oc2ncc(Br)o2)c1. The fourth-order valence-corrected chi connectivity index (χ4v) is 1.36. The van der Waals surface area contributed by atoms with Crippen molar-refractivity contribution < 1.29 is 22.3 Å². The van der Waals surface area contributed by atoms with Crippen molar-refractivity contribution in [3.05, 3.63) is 40.7 Å². The van der Waals surface area contributed by atoms with E-state index in [2.05, 4.69) is 20.9 Å². The molecular formula is C10H5BrF3NO2. The van der Waals surface area contributed by atoms with E-state index in [1.807, 2.05) is 0 Å². The summed E-state index contributed by atoms with van der Waals surface area (Å²) in [7, 11) is 0. The van der Waals surface area contributed by atoms with Crippen LogP contribution in [0.25, 0.3) is 0 Å². The molecule has 2 aromatic rings. The zero-order chi connectivity index (χ0) is 12.5. The van der Waals surface area contributed by atoms with Gasteiger partial charge in [-0.2, -0.15) is 18.2 Å². The van der Waals surface area contributed by atoms with Crippen molar-refractivity contribution in [2.24, 2.45) is 0 Å². The molecule has 0 aliphatic carbocycles. The van der Waals surface area contributed by atoms with Crippen LogP contribution in [0.5, 0.6) is 11.8 Å². The van der Waals surface area contributed by atoms with Crippen LogP contribution in [0.2, 0.25) is 0 Å². The number of nitrogens with zero attached hydrogens (tertiary/aromatic N) is 1. The van der Waals surface area contributed by atoms with E-state index in [1.165, 1.54) is 18.3 Å². The molecule has 0 bridgehead atoms. The molecule has 0 saturated carbocycles. The predicted molar refractivity (Wildman–Crippen MR) is 55.7 cm³/mol. The summed E-state index contributed by atoms with van der Waals surface area (Å²) in [4.78, 5) is 3.69. The Labute approximate surface area is 102 Å². The minimum Gasteiger partial charge on any atom is -0.411 e. The summed E-state index contributed by atoms with van der Waals surface area (Å²) >= 11 is 3.00. The van der Waals surface area contributed by atoms with E-state index in [9.17, 15) is 13.2 Å². The Morgan fingerprint density at radius 1 is 1.29 bits per heavy atom. The maximum atomic E-state index is 12.4. The molecule has 0 radical (unpaired) electrons. The molecule has 1 aromatic carbocycles. The highest BCUT2D eigenvalue weighted by atomic mass is 79.9. The molecule has 0 atom stereocenters. The number of benzene rings is 1. The lowest BCUT2D eigenvalue weighted by Crippen LogP contribution is -2.04. The van der Waals surface area contributed by atoms with Crippen LogP contribution in [0.3, 0.4) is 0 Å². The van der Waals surface area contributed by atoms with E-state index < -0.39 is 11.7 Å². The van der Waals surface area contributed by atoms with E-state index in [-0.39, 0.29) is 11.8 Å². The van der Waals surface area contributed by atoms with Crippen LogP contribution in [-0.2, 0) is 6.18 Å². The van der Waals surface area contributed by atoms with Gasteiger partial charge in [-0.1, -0.05) is 6.07 Å². The number of ether oxygens (including phenoxy) is 1. The highest BCUT2D eigenvalue weighted by molar-refractivity contribution is 9.10. The van der Waals surface area contributed by atoms with E-state index in [1.54, 1.807) is 0 Å². The lowest BCUT2D eigenvalue weighted by atomic mass is 10.2. The molecule has 0 spiro atoms. The molecule has 0 N–H and O–H groups in total. The number of halogens is 4. The van der Waals surface area contributed by atoms with Crippen LogP contribution in [-0.4, -0.2) is 4.98 Å². The predicted octanol–water partition coefficient (Wildman–Crippen LogP) is 4.25. The van der Waals surface area contributed by atoms with E-state index in [0.29, 0.717) is 4.67 Å². The molecule has 7 heteroatoms. The third-order valence-electron chi connectivity index (χ3n) is 1.82. The second-order valence-corrected chi connectivity index (χ2v) is 3.84. The lowest BCUT2D eigenvalue weighted by molar-refractivity contribution is -0.137. The van der Waals surface area contributed by atoms with Crippen LogP contribution in [0.15, 0.2) is 39.5 Å². The minimum atomic E-state index is -4.41. The Hall–Kier alpha value is -1.50. The van der Waals surface area contributed by atoms with Crippen LogP contribution in [0.4, 0.5) is 13.2 Å². The van der Waals surface area contributed by atoms with Crippen molar-refractivity contribution in [2.75, 3.05) is 0 Å². The fourth-order valence-electron chi connectivity index (χ4n) is 1.12. The Bertz CT molecular complexity index is 524. The fraction of sp³-hybridized carbons (Fsp3) is 0.100. The van der Waals surface area contributed by atoms with Gasteiger partial charge in [0.05, 0.1) is 11.8 Å². The smallest absolute Gasteiger partial charge is 0.411 e. The van der Waals surface area contributed by atoms with Crippen LogP contribution >= 0.6 is 15.9 Å². The molecule has 90 valence electrons. The first kappa shape index (κ1) is 12.0. The second-order valence-electron chi connectivity index (χ2n) is 3.06. The number of hydrogen-bond donors (Lipinski definition) is 0. The number of rotatable bonds is 2. The quantitative estimate of drug-likeness (QED) is 0.832. The van der Waals surface area contributed by atoms with Crippen molar-refractivity contribution >= 4 is 15.9 Å². The molecule has 17 heavy (non-hydrogen) atoms. The first-order valence-corrected chi connectivity index (χ1v) is 5.21. The van der Waals surface area contributed by atoms with Gasteiger partial charge in [-0.05, 0) is 34.1 Å². The van der Waals surface area contributed by atoms with Gasteiger partial charge in [0.15, 0.2) is 4.67 Å². The third-order valence-corrected chi connectivity index (χ3v) is 2.19.